The van der Waals surface area contributed by atoms with E-state index in [4.69, 9.17) is 5.84 Å². The monoisotopic (exact) mass is 303 g/mol. The first-order valence-electron chi connectivity index (χ1n) is 6.15. The summed E-state index contributed by atoms with van der Waals surface area (Å²) in [6, 6.07) is 6.33. The number of anilines is 1. The highest BCUT2D eigenvalue weighted by molar-refractivity contribution is 7.98. The summed E-state index contributed by atoms with van der Waals surface area (Å²) in [4.78, 5) is 0.260. The fourth-order valence-corrected chi connectivity index (χ4v) is 3.14. The number of thioether (sulfide) groups is 1. The van der Waals surface area contributed by atoms with Crippen molar-refractivity contribution < 1.29 is 8.42 Å². The highest BCUT2D eigenvalue weighted by Crippen LogP contribution is 2.13. The minimum Gasteiger partial charge on any atom is -0.324 e. The van der Waals surface area contributed by atoms with E-state index in [-0.39, 0.29) is 4.90 Å². The lowest BCUT2D eigenvalue weighted by Gasteiger charge is -2.07. The first-order valence-corrected chi connectivity index (χ1v) is 9.03. The van der Waals surface area contributed by atoms with Gasteiger partial charge in [-0.25, -0.2) is 13.1 Å². The zero-order chi connectivity index (χ0) is 14.1. The summed E-state index contributed by atoms with van der Waals surface area (Å²) in [5.41, 5.74) is 3.14. The third-order valence-electron chi connectivity index (χ3n) is 2.65. The number of nitrogens with one attached hydrogen (secondary N) is 2. The summed E-state index contributed by atoms with van der Waals surface area (Å²) in [5, 5.41) is 0. The summed E-state index contributed by atoms with van der Waals surface area (Å²) in [7, 11) is -3.40. The minimum absolute atomic E-state index is 0.260. The lowest BCUT2D eigenvalue weighted by Crippen LogP contribution is -2.24. The summed E-state index contributed by atoms with van der Waals surface area (Å²) in [6.07, 6.45) is 5.10. The largest absolute Gasteiger partial charge is 0.324 e. The molecule has 0 radical (unpaired) electrons. The van der Waals surface area contributed by atoms with E-state index in [0.29, 0.717) is 12.2 Å². The van der Waals surface area contributed by atoms with Gasteiger partial charge in [-0.2, -0.15) is 11.8 Å². The summed E-state index contributed by atoms with van der Waals surface area (Å²) in [5.74, 6) is 6.36. The average molecular weight is 303 g/mol. The van der Waals surface area contributed by atoms with Gasteiger partial charge < -0.3 is 5.43 Å². The molecule has 0 aliphatic carbocycles. The van der Waals surface area contributed by atoms with Crippen molar-refractivity contribution in [3.05, 3.63) is 24.3 Å². The molecule has 1 aromatic carbocycles. The molecule has 108 valence electrons. The van der Waals surface area contributed by atoms with Gasteiger partial charge in [0.1, 0.15) is 0 Å². The highest BCUT2D eigenvalue weighted by atomic mass is 32.2. The summed E-state index contributed by atoms with van der Waals surface area (Å²) >= 11 is 1.81. The lowest BCUT2D eigenvalue weighted by atomic mass is 10.2. The van der Waals surface area contributed by atoms with Gasteiger partial charge in [-0.3, -0.25) is 5.84 Å². The maximum Gasteiger partial charge on any atom is 0.240 e. The molecular weight excluding hydrogens is 282 g/mol. The van der Waals surface area contributed by atoms with Crippen LogP contribution in [-0.4, -0.2) is 27.0 Å². The van der Waals surface area contributed by atoms with E-state index in [0.717, 1.165) is 25.0 Å². The molecule has 0 aromatic heterocycles. The van der Waals surface area contributed by atoms with Crippen LogP contribution in [-0.2, 0) is 10.0 Å². The van der Waals surface area contributed by atoms with Crippen molar-refractivity contribution in [2.24, 2.45) is 5.84 Å². The van der Waals surface area contributed by atoms with E-state index >= 15 is 0 Å². The predicted molar refractivity (Wildman–Crippen MR) is 81.7 cm³/mol. The Labute approximate surface area is 119 Å². The molecule has 1 aromatic rings. The molecule has 4 N–H and O–H groups in total. The van der Waals surface area contributed by atoms with Gasteiger partial charge in [0.25, 0.3) is 0 Å². The number of benzene rings is 1. The normalized spacial score (nSPS) is 11.5. The van der Waals surface area contributed by atoms with Gasteiger partial charge in [0, 0.05) is 12.2 Å². The molecule has 0 aliphatic rings. The van der Waals surface area contributed by atoms with E-state index in [1.807, 2.05) is 11.8 Å². The van der Waals surface area contributed by atoms with Gasteiger partial charge >= 0.3 is 0 Å². The van der Waals surface area contributed by atoms with E-state index < -0.39 is 10.0 Å². The average Bonchev–Trinajstić information content (AvgIpc) is 2.43. The van der Waals surface area contributed by atoms with Gasteiger partial charge in [-0.1, -0.05) is 6.42 Å². The van der Waals surface area contributed by atoms with E-state index in [2.05, 4.69) is 16.4 Å². The molecule has 0 aliphatic heterocycles. The molecule has 0 spiro atoms. The fourth-order valence-electron chi connectivity index (χ4n) is 1.57. The van der Waals surface area contributed by atoms with Gasteiger partial charge in [-0.15, -0.1) is 0 Å². The molecule has 0 fully saturated rings. The third-order valence-corrected chi connectivity index (χ3v) is 4.82. The van der Waals surface area contributed by atoms with Crippen LogP contribution in [0.25, 0.3) is 0 Å². The summed E-state index contributed by atoms with van der Waals surface area (Å²) in [6.45, 7) is 0.480. The number of nitrogen functional groups attached to an aromatic ring is 1. The van der Waals surface area contributed by atoms with Crippen LogP contribution in [0.15, 0.2) is 29.2 Å². The Balaban J connectivity index is 2.42. The Kier molecular flexibility index (Phi) is 7.22. The first-order chi connectivity index (χ1) is 9.10. The number of nitrogens with two attached hydrogens (primary N) is 1. The molecule has 0 heterocycles. The number of hydrazine groups is 1. The zero-order valence-corrected chi connectivity index (χ0v) is 12.7. The van der Waals surface area contributed by atoms with Crippen molar-refractivity contribution in [3.8, 4) is 0 Å². The van der Waals surface area contributed by atoms with Crippen LogP contribution in [0.5, 0.6) is 0 Å². The van der Waals surface area contributed by atoms with Crippen molar-refractivity contribution in [3.63, 3.8) is 0 Å². The SMILES string of the molecule is CSCCCCCNS(=O)(=O)c1ccc(NN)cc1. The van der Waals surface area contributed by atoms with Gasteiger partial charge in [0.15, 0.2) is 0 Å². The standard InChI is InChI=1S/C12H21N3O2S2/c1-18-10-4-2-3-9-14-19(16,17)12-7-5-11(15-13)6-8-12/h5-8,14-15H,2-4,9-10,13H2,1H3. The molecule has 1 rings (SSSR count). The molecule has 0 unspecified atom stereocenters. The van der Waals surface area contributed by atoms with Crippen LogP contribution >= 0.6 is 11.8 Å². The first kappa shape index (κ1) is 16.3. The van der Waals surface area contributed by atoms with Crippen LogP contribution in [0.2, 0.25) is 0 Å². The van der Waals surface area contributed by atoms with Crippen LogP contribution < -0.4 is 16.0 Å². The smallest absolute Gasteiger partial charge is 0.240 e. The van der Waals surface area contributed by atoms with Crippen LogP contribution in [0.1, 0.15) is 19.3 Å². The van der Waals surface area contributed by atoms with E-state index in [1.165, 1.54) is 12.1 Å². The van der Waals surface area contributed by atoms with Gasteiger partial charge in [0.05, 0.1) is 4.90 Å². The van der Waals surface area contributed by atoms with Gasteiger partial charge in [0.2, 0.25) is 10.0 Å². The van der Waals surface area contributed by atoms with Crippen LogP contribution in [0, 0.1) is 0 Å². The Morgan fingerprint density at radius 3 is 2.42 bits per heavy atom. The Morgan fingerprint density at radius 2 is 1.84 bits per heavy atom. The number of sulfonamides is 1. The molecule has 7 heteroatoms. The van der Waals surface area contributed by atoms with Crippen molar-refractivity contribution in [2.45, 2.75) is 24.2 Å². The quantitative estimate of drug-likeness (QED) is 0.368. The topological polar surface area (TPSA) is 84.2 Å². The molecule has 0 saturated heterocycles. The second-order valence-electron chi connectivity index (χ2n) is 4.12. The van der Waals surface area contributed by atoms with Crippen molar-refractivity contribution in [1.29, 1.82) is 0 Å². The molecule has 0 bridgehead atoms. The fraction of sp³-hybridized carbons (Fsp3) is 0.500. The second-order valence-corrected chi connectivity index (χ2v) is 6.87. The highest BCUT2D eigenvalue weighted by Gasteiger charge is 2.12. The molecule has 0 amide bonds. The Bertz CT molecular complexity index is 460. The Morgan fingerprint density at radius 1 is 1.16 bits per heavy atom. The third kappa shape index (κ3) is 5.82. The second kappa shape index (κ2) is 8.42. The van der Waals surface area contributed by atoms with Gasteiger partial charge in [-0.05, 0) is 49.1 Å². The van der Waals surface area contributed by atoms with Crippen molar-refractivity contribution in [1.82, 2.24) is 4.72 Å². The summed E-state index contributed by atoms with van der Waals surface area (Å²) < 4.78 is 26.5. The minimum atomic E-state index is -3.40. The number of hydrogen-bond acceptors (Lipinski definition) is 5. The number of rotatable bonds is 9. The molecular formula is C12H21N3O2S2. The number of hydrogen-bond donors (Lipinski definition) is 3. The maximum absolute atomic E-state index is 12.0. The maximum atomic E-state index is 12.0. The van der Waals surface area contributed by atoms with Crippen molar-refractivity contribution in [2.75, 3.05) is 24.0 Å². The van der Waals surface area contributed by atoms with Crippen LogP contribution in [0.4, 0.5) is 5.69 Å². The molecule has 0 saturated carbocycles. The van der Waals surface area contributed by atoms with E-state index in [1.54, 1.807) is 12.1 Å². The molecule has 19 heavy (non-hydrogen) atoms. The molecule has 0 atom stereocenters. The van der Waals surface area contributed by atoms with Crippen LogP contribution in [0.3, 0.4) is 0 Å². The zero-order valence-electron chi connectivity index (χ0n) is 11.1. The van der Waals surface area contributed by atoms with Crippen molar-refractivity contribution >= 4 is 27.5 Å². The number of unbranched alkanes of at least 4 members (excludes halogenated alkanes) is 2. The Hall–Kier alpha value is -0.760. The van der Waals surface area contributed by atoms with E-state index in [9.17, 15) is 8.42 Å². The molecule has 5 nitrogen and oxygen atoms in total. The lowest BCUT2D eigenvalue weighted by molar-refractivity contribution is 0.576. The predicted octanol–water partition coefficient (Wildman–Crippen LogP) is 1.78.